The van der Waals surface area contributed by atoms with E-state index < -0.39 is 28.2 Å². The van der Waals surface area contributed by atoms with Crippen molar-refractivity contribution in [3.63, 3.8) is 0 Å². The molecule has 0 aliphatic carbocycles. The van der Waals surface area contributed by atoms with E-state index >= 15 is 0 Å². The molecule has 0 aromatic carbocycles. The van der Waals surface area contributed by atoms with Crippen LogP contribution in [0.5, 0.6) is 0 Å². The van der Waals surface area contributed by atoms with Crippen LogP contribution < -0.4 is 0 Å². The molecule has 0 aromatic heterocycles. The first kappa shape index (κ1) is 25.3. The monoisotopic (exact) mass is 489 g/mol. The van der Waals surface area contributed by atoms with Gasteiger partial charge in [-0.25, -0.2) is 0 Å². The Morgan fingerprint density at radius 2 is 1.76 bits per heavy atom. The summed E-state index contributed by atoms with van der Waals surface area (Å²) < 4.78 is -0.788. The summed E-state index contributed by atoms with van der Waals surface area (Å²) in [5, 5.41) is 9.38. The van der Waals surface area contributed by atoms with E-state index in [1.807, 2.05) is 17.1 Å². The lowest BCUT2D eigenvalue weighted by Gasteiger charge is -2.44. The highest BCUT2D eigenvalue weighted by molar-refractivity contribution is 8.02. The highest BCUT2D eigenvalue weighted by Crippen LogP contribution is 2.61. The van der Waals surface area contributed by atoms with Crippen LogP contribution in [-0.4, -0.2) is 92.4 Å². The minimum absolute atomic E-state index is 0.0270. The number of hydrogen-bond acceptors (Lipinski definition) is 5. The van der Waals surface area contributed by atoms with E-state index in [0.717, 1.165) is 6.42 Å². The highest BCUT2D eigenvalue weighted by Gasteiger charge is 2.71. The molecule has 34 heavy (non-hydrogen) atoms. The molecule has 1 N–H and O–H groups in total. The van der Waals surface area contributed by atoms with E-state index in [1.54, 1.807) is 28.6 Å². The van der Waals surface area contributed by atoms with Gasteiger partial charge in [0.05, 0.1) is 16.6 Å². The Labute approximate surface area is 207 Å². The molecule has 0 saturated carbocycles. The molecular weight excluding hydrogens is 450 g/mol. The van der Waals surface area contributed by atoms with E-state index in [1.165, 1.54) is 0 Å². The van der Waals surface area contributed by atoms with Crippen molar-refractivity contribution in [3.05, 3.63) is 24.3 Å². The van der Waals surface area contributed by atoms with E-state index in [4.69, 9.17) is 0 Å². The molecule has 188 valence electrons. The Hall–Kier alpha value is -1.80. The molecule has 2 saturated heterocycles. The van der Waals surface area contributed by atoms with Gasteiger partial charge >= 0.3 is 0 Å². The van der Waals surface area contributed by atoms with Crippen LogP contribution in [0.4, 0.5) is 0 Å². The second kappa shape index (κ2) is 8.70. The number of nitrogens with zero attached hydrogens (tertiary/aromatic N) is 3. The van der Waals surface area contributed by atoms with Crippen LogP contribution in [0.2, 0.25) is 0 Å². The zero-order chi connectivity index (χ0) is 25.1. The molecule has 4 aliphatic rings. The molecule has 1 spiro atoms. The van der Waals surface area contributed by atoms with Gasteiger partial charge in [0, 0.05) is 44.1 Å². The van der Waals surface area contributed by atoms with E-state index in [2.05, 4.69) is 46.8 Å². The topological polar surface area (TPSA) is 81.2 Å². The van der Waals surface area contributed by atoms with Crippen LogP contribution in [-0.2, 0) is 14.4 Å². The van der Waals surface area contributed by atoms with Gasteiger partial charge < -0.3 is 19.8 Å². The van der Waals surface area contributed by atoms with Gasteiger partial charge in [0.1, 0.15) is 6.04 Å². The van der Waals surface area contributed by atoms with Crippen molar-refractivity contribution in [2.45, 2.75) is 69.0 Å². The third-order valence-corrected chi connectivity index (χ3v) is 9.36. The minimum Gasteiger partial charge on any atom is -0.396 e. The van der Waals surface area contributed by atoms with Crippen molar-refractivity contribution < 1.29 is 19.5 Å². The second-order valence-corrected chi connectivity index (χ2v) is 13.5. The van der Waals surface area contributed by atoms with Crippen LogP contribution >= 0.6 is 11.8 Å². The molecule has 4 aliphatic heterocycles. The largest absolute Gasteiger partial charge is 0.396 e. The Bertz CT molecular complexity index is 923. The number of rotatable bonds is 5. The normalized spacial score (nSPS) is 33.7. The van der Waals surface area contributed by atoms with Gasteiger partial charge in [-0.3, -0.25) is 14.4 Å². The number of likely N-dealkylation sites (tertiary alicyclic amines) is 1. The Morgan fingerprint density at radius 1 is 1.06 bits per heavy atom. The van der Waals surface area contributed by atoms with Crippen molar-refractivity contribution in [3.8, 4) is 0 Å². The third-order valence-electron chi connectivity index (χ3n) is 7.61. The van der Waals surface area contributed by atoms with Gasteiger partial charge in [0.25, 0.3) is 0 Å². The van der Waals surface area contributed by atoms with Gasteiger partial charge in [0.15, 0.2) is 0 Å². The van der Waals surface area contributed by atoms with Gasteiger partial charge in [0.2, 0.25) is 17.7 Å². The number of hydrogen-bond donors (Lipinski definition) is 1. The Balaban J connectivity index is 1.80. The number of aliphatic hydroxyl groups is 1. The molecular formula is C26H39N3O4S. The van der Waals surface area contributed by atoms with Crippen LogP contribution in [0, 0.1) is 17.3 Å². The fourth-order valence-electron chi connectivity index (χ4n) is 6.68. The predicted molar refractivity (Wildman–Crippen MR) is 134 cm³/mol. The van der Waals surface area contributed by atoms with Crippen molar-refractivity contribution in [1.82, 2.24) is 14.7 Å². The highest BCUT2D eigenvalue weighted by atomic mass is 32.2. The number of aliphatic hydroxyl groups excluding tert-OH is 1. The number of likely N-dealkylation sites (N-methyl/N-ethyl adjacent to an activating group) is 1. The quantitative estimate of drug-likeness (QED) is 0.600. The van der Waals surface area contributed by atoms with E-state index in [9.17, 15) is 19.5 Å². The molecule has 1 unspecified atom stereocenters. The molecule has 5 atom stereocenters. The molecule has 0 aromatic rings. The first-order valence-electron chi connectivity index (χ1n) is 12.3. The van der Waals surface area contributed by atoms with E-state index in [0.29, 0.717) is 26.1 Å². The second-order valence-electron chi connectivity index (χ2n) is 12.0. The van der Waals surface area contributed by atoms with Gasteiger partial charge in [-0.2, -0.15) is 0 Å². The summed E-state index contributed by atoms with van der Waals surface area (Å²) in [4.78, 5) is 47.0. The molecule has 4 heterocycles. The van der Waals surface area contributed by atoms with Crippen molar-refractivity contribution >= 4 is 29.5 Å². The van der Waals surface area contributed by atoms with Crippen LogP contribution in [0.15, 0.2) is 24.3 Å². The molecule has 3 amide bonds. The smallest absolute Gasteiger partial charge is 0.247 e. The zero-order valence-corrected chi connectivity index (χ0v) is 22.1. The fraction of sp³-hybridized carbons (Fsp3) is 0.731. The summed E-state index contributed by atoms with van der Waals surface area (Å²) in [7, 11) is 1.77. The molecule has 7 nitrogen and oxygen atoms in total. The molecule has 2 fully saturated rings. The lowest BCUT2D eigenvalue weighted by Crippen LogP contribution is -2.58. The van der Waals surface area contributed by atoms with Gasteiger partial charge in [-0.1, -0.05) is 45.1 Å². The molecule has 4 rings (SSSR count). The standard InChI is InChI=1S/C26H39N3O4S/c1-24(2,3)16-25(4,5)29-14-8-11-26-19(18-17(34-26)10-7-12-27(6)21(18)31)22(32)28(13-9-15-30)20(26)23(29)33/h7-8,10-11,17-20,30H,9,12-16H2,1-6H3/t17-,18+,19+,20?,26+/m1/s1. The average Bonchev–Trinajstić information content (AvgIpc) is 3.03. The summed E-state index contributed by atoms with van der Waals surface area (Å²) in [6.45, 7) is 12.0. The Kier molecular flexibility index (Phi) is 6.47. The SMILES string of the molecule is CN1CC=C[C@H]2S[C@]34C=CCN(C(C)(C)CC(C)(C)C)C(=O)C3N(CCCO)C(=O)[C@@H]4[C@H]2C1=O. The number of carbonyl (C=O) groups excluding carboxylic acids is 3. The summed E-state index contributed by atoms with van der Waals surface area (Å²) >= 11 is 1.61. The summed E-state index contributed by atoms with van der Waals surface area (Å²) in [6, 6.07) is -0.682. The third kappa shape index (κ3) is 4.00. The number of amides is 3. The predicted octanol–water partition coefficient (Wildman–Crippen LogP) is 2.31. The number of thioether (sulfide) groups is 1. The molecule has 0 bridgehead atoms. The van der Waals surface area contributed by atoms with Crippen LogP contribution in [0.1, 0.15) is 47.5 Å². The summed E-state index contributed by atoms with van der Waals surface area (Å²) in [5.74, 6) is -1.30. The lowest BCUT2D eigenvalue weighted by atomic mass is 9.77. The fourth-order valence-corrected chi connectivity index (χ4v) is 8.69. The average molecular weight is 490 g/mol. The first-order valence-corrected chi connectivity index (χ1v) is 13.2. The van der Waals surface area contributed by atoms with Crippen LogP contribution in [0.3, 0.4) is 0 Å². The lowest BCUT2D eigenvalue weighted by molar-refractivity contribution is -0.146. The first-order chi connectivity index (χ1) is 15.8. The minimum atomic E-state index is -0.788. The number of fused-ring (bicyclic) bond motifs is 2. The molecule has 0 radical (unpaired) electrons. The maximum absolute atomic E-state index is 14.3. The van der Waals surface area contributed by atoms with Gasteiger partial charge in [-0.15, -0.1) is 11.8 Å². The summed E-state index contributed by atoms with van der Waals surface area (Å²) in [6.07, 6.45) is 9.37. The van der Waals surface area contributed by atoms with Crippen molar-refractivity contribution in [1.29, 1.82) is 0 Å². The van der Waals surface area contributed by atoms with E-state index in [-0.39, 0.29) is 35.0 Å². The van der Waals surface area contributed by atoms with Gasteiger partial charge in [-0.05, 0) is 32.1 Å². The molecule has 8 heteroatoms. The maximum Gasteiger partial charge on any atom is 0.247 e. The Morgan fingerprint density at radius 3 is 2.41 bits per heavy atom. The van der Waals surface area contributed by atoms with Crippen LogP contribution in [0.25, 0.3) is 0 Å². The van der Waals surface area contributed by atoms with Crippen molar-refractivity contribution in [2.75, 3.05) is 33.3 Å². The maximum atomic E-state index is 14.3. The zero-order valence-electron chi connectivity index (χ0n) is 21.3. The number of carbonyl (C=O) groups is 3. The summed E-state index contributed by atoms with van der Waals surface area (Å²) in [5.41, 5.74) is -0.377. The van der Waals surface area contributed by atoms with Crippen molar-refractivity contribution in [2.24, 2.45) is 17.3 Å².